The van der Waals surface area contributed by atoms with Crippen LogP contribution < -0.4 is 5.32 Å². The highest BCUT2D eigenvalue weighted by atomic mass is 16.4. The van der Waals surface area contributed by atoms with Crippen molar-refractivity contribution in [2.75, 3.05) is 6.54 Å². The molecule has 1 rings (SSSR count). The number of aliphatic hydroxyl groups is 1. The minimum absolute atomic E-state index is 0.0217. The quantitative estimate of drug-likeness (QED) is 0.678. The third-order valence-corrected chi connectivity index (χ3v) is 1.42. The van der Waals surface area contributed by atoms with Crippen LogP contribution >= 0.6 is 0 Å². The van der Waals surface area contributed by atoms with Gasteiger partial charge in [-0.15, -0.1) is 0 Å². The highest BCUT2D eigenvalue weighted by molar-refractivity contribution is 5.05. The zero-order valence-electron chi connectivity index (χ0n) is 6.63. The van der Waals surface area contributed by atoms with Gasteiger partial charge in [-0.2, -0.15) is 0 Å². The van der Waals surface area contributed by atoms with Gasteiger partial charge in [0.15, 0.2) is 0 Å². The SMILES string of the molecule is CCNCc1ccc(CO)o1. The lowest BCUT2D eigenvalue weighted by Crippen LogP contribution is -2.10. The van der Waals surface area contributed by atoms with E-state index in [-0.39, 0.29) is 6.61 Å². The normalized spacial score (nSPS) is 10.4. The Morgan fingerprint density at radius 1 is 1.45 bits per heavy atom. The van der Waals surface area contributed by atoms with Crippen molar-refractivity contribution in [1.82, 2.24) is 5.32 Å². The van der Waals surface area contributed by atoms with Crippen LogP contribution in [0.3, 0.4) is 0 Å². The molecule has 2 N–H and O–H groups in total. The second kappa shape index (κ2) is 4.16. The first-order chi connectivity index (χ1) is 5.36. The van der Waals surface area contributed by atoms with Crippen molar-refractivity contribution in [3.8, 4) is 0 Å². The molecule has 0 aliphatic heterocycles. The molecule has 0 saturated heterocycles. The van der Waals surface area contributed by atoms with E-state index in [1.54, 1.807) is 6.07 Å². The molecule has 0 aliphatic rings. The van der Waals surface area contributed by atoms with E-state index in [4.69, 9.17) is 9.52 Å². The van der Waals surface area contributed by atoms with Gasteiger partial charge in [0.1, 0.15) is 18.1 Å². The first-order valence-corrected chi connectivity index (χ1v) is 3.76. The molecule has 0 bridgehead atoms. The van der Waals surface area contributed by atoms with E-state index in [1.807, 2.05) is 13.0 Å². The largest absolute Gasteiger partial charge is 0.462 e. The number of nitrogens with one attached hydrogen (secondary N) is 1. The predicted octanol–water partition coefficient (Wildman–Crippen LogP) is 0.881. The molecule has 0 radical (unpaired) electrons. The van der Waals surface area contributed by atoms with Crippen LogP contribution in [0, 0.1) is 0 Å². The first-order valence-electron chi connectivity index (χ1n) is 3.76. The number of rotatable bonds is 4. The Kier molecular flexibility index (Phi) is 3.14. The van der Waals surface area contributed by atoms with Gasteiger partial charge in [-0.1, -0.05) is 6.92 Å². The summed E-state index contributed by atoms with van der Waals surface area (Å²) in [5.74, 6) is 1.49. The van der Waals surface area contributed by atoms with Crippen LogP contribution in [0.15, 0.2) is 16.5 Å². The van der Waals surface area contributed by atoms with Gasteiger partial charge < -0.3 is 14.8 Å². The van der Waals surface area contributed by atoms with Crippen molar-refractivity contribution >= 4 is 0 Å². The average Bonchev–Trinajstić information content (AvgIpc) is 2.48. The molecule has 0 unspecified atom stereocenters. The molecular formula is C8H13NO2. The fraction of sp³-hybridized carbons (Fsp3) is 0.500. The minimum atomic E-state index is -0.0217. The standard InChI is InChI=1S/C8H13NO2/c1-2-9-5-7-3-4-8(6-10)11-7/h3-4,9-10H,2,5-6H2,1H3. The van der Waals surface area contributed by atoms with Crippen LogP contribution in [0.4, 0.5) is 0 Å². The van der Waals surface area contributed by atoms with E-state index < -0.39 is 0 Å². The van der Waals surface area contributed by atoms with Gasteiger partial charge in [0.25, 0.3) is 0 Å². The summed E-state index contributed by atoms with van der Waals surface area (Å²) in [5.41, 5.74) is 0. The van der Waals surface area contributed by atoms with Gasteiger partial charge in [-0.25, -0.2) is 0 Å². The minimum Gasteiger partial charge on any atom is -0.462 e. The fourth-order valence-electron chi connectivity index (χ4n) is 0.851. The molecule has 0 saturated carbocycles. The maximum Gasteiger partial charge on any atom is 0.129 e. The van der Waals surface area contributed by atoms with E-state index >= 15 is 0 Å². The summed E-state index contributed by atoms with van der Waals surface area (Å²) in [7, 11) is 0. The Hall–Kier alpha value is -0.800. The summed E-state index contributed by atoms with van der Waals surface area (Å²) in [6.45, 7) is 3.67. The molecule has 1 aromatic heterocycles. The monoisotopic (exact) mass is 155 g/mol. The molecular weight excluding hydrogens is 142 g/mol. The Morgan fingerprint density at radius 3 is 2.73 bits per heavy atom. The van der Waals surface area contributed by atoms with Crippen LogP contribution in [-0.4, -0.2) is 11.7 Å². The van der Waals surface area contributed by atoms with Crippen LogP contribution in [0.25, 0.3) is 0 Å². The zero-order valence-corrected chi connectivity index (χ0v) is 6.63. The Balaban J connectivity index is 2.44. The van der Waals surface area contributed by atoms with Crippen molar-refractivity contribution in [3.63, 3.8) is 0 Å². The lowest BCUT2D eigenvalue weighted by atomic mass is 10.4. The lowest BCUT2D eigenvalue weighted by Gasteiger charge is -1.95. The number of aliphatic hydroxyl groups excluding tert-OH is 1. The summed E-state index contributed by atoms with van der Waals surface area (Å²) in [6.07, 6.45) is 0. The van der Waals surface area contributed by atoms with Crippen molar-refractivity contribution in [2.24, 2.45) is 0 Å². The molecule has 0 spiro atoms. The van der Waals surface area contributed by atoms with Gasteiger partial charge in [0, 0.05) is 0 Å². The van der Waals surface area contributed by atoms with Crippen molar-refractivity contribution in [3.05, 3.63) is 23.7 Å². The molecule has 1 aromatic rings. The topological polar surface area (TPSA) is 45.4 Å². The molecule has 3 nitrogen and oxygen atoms in total. The summed E-state index contributed by atoms with van der Waals surface area (Å²) in [5, 5.41) is 11.8. The van der Waals surface area contributed by atoms with Crippen LogP contribution in [-0.2, 0) is 13.2 Å². The Bertz CT molecular complexity index is 208. The predicted molar refractivity (Wildman–Crippen MR) is 42.0 cm³/mol. The van der Waals surface area contributed by atoms with Crippen molar-refractivity contribution in [1.29, 1.82) is 0 Å². The highest BCUT2D eigenvalue weighted by Crippen LogP contribution is 2.06. The maximum atomic E-state index is 8.66. The molecule has 1 heterocycles. The summed E-state index contributed by atoms with van der Waals surface area (Å²) < 4.78 is 5.22. The van der Waals surface area contributed by atoms with Gasteiger partial charge in [-0.3, -0.25) is 0 Å². The molecule has 62 valence electrons. The van der Waals surface area contributed by atoms with Gasteiger partial charge in [0.05, 0.1) is 6.54 Å². The molecule has 0 amide bonds. The number of hydrogen-bond donors (Lipinski definition) is 2. The molecule has 0 aliphatic carbocycles. The van der Waals surface area contributed by atoms with Crippen LogP contribution in [0.2, 0.25) is 0 Å². The molecule has 0 atom stereocenters. The van der Waals surface area contributed by atoms with Crippen LogP contribution in [0.5, 0.6) is 0 Å². The third kappa shape index (κ3) is 2.37. The van der Waals surface area contributed by atoms with Crippen molar-refractivity contribution < 1.29 is 9.52 Å². The Morgan fingerprint density at radius 2 is 2.18 bits per heavy atom. The average molecular weight is 155 g/mol. The summed E-state index contributed by atoms with van der Waals surface area (Å²) in [4.78, 5) is 0. The molecule has 11 heavy (non-hydrogen) atoms. The lowest BCUT2D eigenvalue weighted by molar-refractivity contribution is 0.243. The zero-order chi connectivity index (χ0) is 8.10. The fourth-order valence-corrected chi connectivity index (χ4v) is 0.851. The van der Waals surface area contributed by atoms with E-state index in [0.717, 1.165) is 18.8 Å². The van der Waals surface area contributed by atoms with Gasteiger partial charge in [0.2, 0.25) is 0 Å². The number of furan rings is 1. The van der Waals surface area contributed by atoms with Crippen LogP contribution in [0.1, 0.15) is 18.4 Å². The summed E-state index contributed by atoms with van der Waals surface area (Å²) in [6, 6.07) is 3.65. The third-order valence-electron chi connectivity index (χ3n) is 1.42. The molecule has 0 aromatic carbocycles. The van der Waals surface area contributed by atoms with E-state index in [1.165, 1.54) is 0 Å². The molecule has 3 heteroatoms. The first kappa shape index (κ1) is 8.30. The van der Waals surface area contributed by atoms with E-state index in [9.17, 15) is 0 Å². The smallest absolute Gasteiger partial charge is 0.129 e. The molecule has 0 fully saturated rings. The Labute approximate surface area is 66.0 Å². The summed E-state index contributed by atoms with van der Waals surface area (Å²) >= 11 is 0. The number of hydrogen-bond acceptors (Lipinski definition) is 3. The second-order valence-corrected chi connectivity index (χ2v) is 2.31. The van der Waals surface area contributed by atoms with Gasteiger partial charge >= 0.3 is 0 Å². The van der Waals surface area contributed by atoms with E-state index in [0.29, 0.717) is 5.76 Å². The van der Waals surface area contributed by atoms with E-state index in [2.05, 4.69) is 5.32 Å². The second-order valence-electron chi connectivity index (χ2n) is 2.31. The van der Waals surface area contributed by atoms with Crippen molar-refractivity contribution in [2.45, 2.75) is 20.1 Å². The maximum absolute atomic E-state index is 8.66. The highest BCUT2D eigenvalue weighted by Gasteiger charge is 1.98. The van der Waals surface area contributed by atoms with Gasteiger partial charge in [-0.05, 0) is 18.7 Å².